The van der Waals surface area contributed by atoms with Crippen molar-refractivity contribution < 1.29 is 32.7 Å². The monoisotopic (exact) mass is 273 g/mol. The summed E-state index contributed by atoms with van der Waals surface area (Å²) in [7, 11) is 0. The zero-order chi connectivity index (χ0) is 10.2. The molecule has 0 aliphatic carbocycles. The first kappa shape index (κ1) is 14.1. The molecule has 0 saturated heterocycles. The van der Waals surface area contributed by atoms with Gasteiger partial charge in [-0.2, -0.15) is 24.8 Å². The van der Waals surface area contributed by atoms with E-state index >= 15 is 0 Å². The van der Waals surface area contributed by atoms with E-state index in [-0.39, 0.29) is 32.7 Å². The Balaban J connectivity index is 0.000000245. The fraction of sp³-hybridized carbons (Fsp3) is 0. The summed E-state index contributed by atoms with van der Waals surface area (Å²) in [6.45, 7) is 7.36. The summed E-state index contributed by atoms with van der Waals surface area (Å²) in [5.74, 6) is 0. The Labute approximate surface area is 116 Å². The van der Waals surface area contributed by atoms with Crippen LogP contribution in [0.25, 0.3) is 10.6 Å². The third-order valence-corrected chi connectivity index (χ3v) is 1.50. The summed E-state index contributed by atoms with van der Waals surface area (Å²) >= 11 is 0. The molecule has 0 unspecified atom stereocenters. The summed E-state index contributed by atoms with van der Waals surface area (Å²) in [6.07, 6.45) is 14.3. The van der Waals surface area contributed by atoms with Gasteiger partial charge in [0.15, 0.2) is 0 Å². The van der Waals surface area contributed by atoms with E-state index < -0.39 is 0 Å². The second-order valence-electron chi connectivity index (χ2n) is 2.71. The van der Waals surface area contributed by atoms with Gasteiger partial charge in [-0.1, -0.05) is 37.5 Å². The fourth-order valence-electron chi connectivity index (χ4n) is 0.766. The average Bonchev–Trinajstić information content (AvgIpc) is 2.21. The summed E-state index contributed by atoms with van der Waals surface area (Å²) in [5.41, 5.74) is 2.02. The van der Waals surface area contributed by atoms with Crippen molar-refractivity contribution >= 4 is 0 Å². The largest absolute Gasteiger partial charge is 0.670 e. The second-order valence-corrected chi connectivity index (χ2v) is 2.71. The van der Waals surface area contributed by atoms with Gasteiger partial charge >= 0.3 is 0 Å². The molecule has 0 aromatic carbocycles. The van der Waals surface area contributed by atoms with Gasteiger partial charge in [-0.15, -0.1) is 0 Å². The molecule has 0 amide bonds. The molecule has 0 aromatic heterocycles. The van der Waals surface area contributed by atoms with Gasteiger partial charge in [0.1, 0.15) is 0 Å². The van der Waals surface area contributed by atoms with Crippen molar-refractivity contribution in [1.29, 1.82) is 0 Å². The molecule has 0 atom stereocenters. The van der Waals surface area contributed by atoms with Crippen LogP contribution in [0.4, 0.5) is 0 Å². The molecule has 2 heterocycles. The van der Waals surface area contributed by atoms with E-state index in [9.17, 15) is 0 Å². The number of hydrogen-bond acceptors (Lipinski definition) is 0. The van der Waals surface area contributed by atoms with Crippen molar-refractivity contribution in [3.05, 3.63) is 84.0 Å². The van der Waals surface area contributed by atoms with Gasteiger partial charge in [0.25, 0.3) is 0 Å². The predicted molar refractivity (Wildman–Crippen MR) is 61.6 cm³/mol. The molecular weight excluding hydrogens is 261 g/mol. The Morgan fingerprint density at radius 3 is 1.07 bits per heavy atom. The van der Waals surface area contributed by atoms with E-state index in [1.807, 2.05) is 24.3 Å². The van der Waals surface area contributed by atoms with Crippen LogP contribution in [0.2, 0.25) is 0 Å². The van der Waals surface area contributed by atoms with Crippen LogP contribution in [0, 0.1) is 0 Å². The minimum Gasteiger partial charge on any atom is -0.670 e. The maximum Gasteiger partial charge on any atom is 0 e. The molecule has 15 heavy (non-hydrogen) atoms. The molecule has 75 valence electrons. The van der Waals surface area contributed by atoms with Gasteiger partial charge in [-0.05, 0) is 11.1 Å². The number of hydrogen-bond donors (Lipinski definition) is 0. The molecule has 2 aliphatic heterocycles. The molecule has 0 fully saturated rings. The number of nitrogens with zero attached hydrogens (tertiary/aromatic N) is 2. The third kappa shape index (κ3) is 7.12. The van der Waals surface area contributed by atoms with Crippen LogP contribution in [0.5, 0.6) is 0 Å². The Morgan fingerprint density at radius 1 is 0.667 bits per heavy atom. The summed E-state index contributed by atoms with van der Waals surface area (Å²) in [6, 6.07) is 0. The third-order valence-electron chi connectivity index (χ3n) is 1.50. The molecule has 0 bridgehead atoms. The molecule has 3 heteroatoms. The molecule has 0 saturated carbocycles. The SMILES string of the molecule is C=C1C=C[N-]C=C1.C=C1C=C[N-]C=C1.[Y]. The van der Waals surface area contributed by atoms with Gasteiger partial charge in [0.05, 0.1) is 0 Å². The molecule has 1 radical (unpaired) electrons. The first-order valence-electron chi connectivity index (χ1n) is 4.23. The maximum absolute atomic E-state index is 3.81. The van der Waals surface area contributed by atoms with Crippen LogP contribution in [0.15, 0.2) is 73.4 Å². The van der Waals surface area contributed by atoms with Crippen molar-refractivity contribution in [2.24, 2.45) is 0 Å². The summed E-state index contributed by atoms with van der Waals surface area (Å²) in [5, 5.41) is 7.61. The first-order chi connectivity index (χ1) is 6.79. The predicted octanol–water partition coefficient (Wildman–Crippen LogP) is 3.91. The smallest absolute Gasteiger partial charge is 0 e. The minimum atomic E-state index is 0. The van der Waals surface area contributed by atoms with Gasteiger partial charge in [-0.3, -0.25) is 0 Å². The topological polar surface area (TPSA) is 28.2 Å². The van der Waals surface area contributed by atoms with Crippen molar-refractivity contribution in [2.45, 2.75) is 0 Å². The van der Waals surface area contributed by atoms with E-state index in [1.54, 1.807) is 24.8 Å². The Hall–Kier alpha value is -0.856. The van der Waals surface area contributed by atoms with Crippen LogP contribution < -0.4 is 0 Å². The van der Waals surface area contributed by atoms with E-state index in [1.165, 1.54) is 0 Å². The molecule has 2 aliphatic rings. The minimum absolute atomic E-state index is 0. The Kier molecular flexibility index (Phi) is 7.97. The maximum atomic E-state index is 3.81. The normalized spacial score (nSPS) is 15.7. The molecule has 0 spiro atoms. The van der Waals surface area contributed by atoms with Crippen LogP contribution in [0.1, 0.15) is 0 Å². The van der Waals surface area contributed by atoms with E-state index in [4.69, 9.17) is 0 Å². The van der Waals surface area contributed by atoms with E-state index in [0.29, 0.717) is 0 Å². The molecule has 2 rings (SSSR count). The zero-order valence-electron chi connectivity index (χ0n) is 8.50. The quantitative estimate of drug-likeness (QED) is 0.640. The standard InChI is InChI=1S/2C6H6N.Y/c2*1-6-2-4-7-5-3-6;/h2*2-5H,1H2;/q2*-1;. The van der Waals surface area contributed by atoms with Crippen LogP contribution in [-0.4, -0.2) is 0 Å². The van der Waals surface area contributed by atoms with Gasteiger partial charge in [0, 0.05) is 32.7 Å². The summed E-state index contributed by atoms with van der Waals surface area (Å²) < 4.78 is 0. The second kappa shape index (κ2) is 8.45. The zero-order valence-corrected chi connectivity index (χ0v) is 11.3. The van der Waals surface area contributed by atoms with Crippen molar-refractivity contribution in [3.63, 3.8) is 0 Å². The van der Waals surface area contributed by atoms with Gasteiger partial charge in [0.2, 0.25) is 0 Å². The Morgan fingerprint density at radius 2 is 0.933 bits per heavy atom. The number of allylic oxidation sites excluding steroid dienone is 6. The Bertz CT molecular complexity index is 274. The van der Waals surface area contributed by atoms with Crippen LogP contribution in [-0.2, 0) is 32.7 Å². The first-order valence-corrected chi connectivity index (χ1v) is 4.23. The molecule has 2 nitrogen and oxygen atoms in total. The fourth-order valence-corrected chi connectivity index (χ4v) is 0.766. The van der Waals surface area contributed by atoms with Crippen molar-refractivity contribution in [3.8, 4) is 0 Å². The number of rotatable bonds is 0. The molecular formula is C12H12N2Y-2. The van der Waals surface area contributed by atoms with Crippen molar-refractivity contribution in [2.75, 3.05) is 0 Å². The van der Waals surface area contributed by atoms with Gasteiger partial charge in [-0.25, -0.2) is 0 Å². The van der Waals surface area contributed by atoms with Crippen molar-refractivity contribution in [1.82, 2.24) is 0 Å². The van der Waals surface area contributed by atoms with Crippen LogP contribution >= 0.6 is 0 Å². The van der Waals surface area contributed by atoms with E-state index in [0.717, 1.165) is 11.1 Å². The summed E-state index contributed by atoms with van der Waals surface area (Å²) in [4.78, 5) is 0. The molecule has 0 aromatic rings. The van der Waals surface area contributed by atoms with E-state index in [2.05, 4.69) is 23.8 Å². The van der Waals surface area contributed by atoms with Gasteiger partial charge < -0.3 is 10.6 Å². The average molecular weight is 273 g/mol. The van der Waals surface area contributed by atoms with Crippen LogP contribution in [0.3, 0.4) is 0 Å². The molecule has 0 N–H and O–H groups in total.